The van der Waals surface area contributed by atoms with E-state index in [1.54, 1.807) is 35.1 Å². The van der Waals surface area contributed by atoms with E-state index in [4.69, 9.17) is 4.74 Å². The topological polar surface area (TPSA) is 61.2 Å². The lowest BCUT2D eigenvalue weighted by molar-refractivity contribution is 0.0475. The van der Waals surface area contributed by atoms with Gasteiger partial charge in [-0.25, -0.2) is 9.48 Å². The van der Waals surface area contributed by atoms with Crippen molar-refractivity contribution in [3.8, 4) is 16.9 Å². The van der Waals surface area contributed by atoms with E-state index in [1.807, 2.05) is 60.7 Å². The maximum Gasteiger partial charge on any atom is 0.342 e. The van der Waals surface area contributed by atoms with Crippen LogP contribution in [0.25, 0.3) is 16.9 Å². The van der Waals surface area contributed by atoms with Crippen molar-refractivity contribution >= 4 is 27.7 Å². The van der Waals surface area contributed by atoms with Crippen LogP contribution < -0.4 is 0 Å². The van der Waals surface area contributed by atoms with Crippen LogP contribution in [0.4, 0.5) is 0 Å². The van der Waals surface area contributed by atoms with Gasteiger partial charge in [0.1, 0.15) is 11.3 Å². The predicted molar refractivity (Wildman–Crippen MR) is 118 cm³/mol. The lowest BCUT2D eigenvalue weighted by Gasteiger charge is -2.05. The molecular formula is C24H17BrN2O3. The van der Waals surface area contributed by atoms with Crippen LogP contribution >= 0.6 is 15.9 Å². The largest absolute Gasteiger partial charge is 0.454 e. The second-order valence-corrected chi connectivity index (χ2v) is 7.46. The number of rotatable bonds is 6. The Bertz CT molecular complexity index is 1170. The highest BCUT2D eigenvalue weighted by Gasteiger charge is 2.21. The van der Waals surface area contributed by atoms with Gasteiger partial charge in [0, 0.05) is 21.8 Å². The van der Waals surface area contributed by atoms with Crippen LogP contribution in [0, 0.1) is 0 Å². The van der Waals surface area contributed by atoms with Gasteiger partial charge in [-0.3, -0.25) is 4.79 Å². The fourth-order valence-corrected chi connectivity index (χ4v) is 3.24. The quantitative estimate of drug-likeness (QED) is 0.287. The number of esters is 1. The van der Waals surface area contributed by atoms with Crippen molar-refractivity contribution < 1.29 is 14.3 Å². The van der Waals surface area contributed by atoms with Gasteiger partial charge in [-0.2, -0.15) is 5.10 Å². The van der Waals surface area contributed by atoms with Crippen LogP contribution in [0.3, 0.4) is 0 Å². The molecule has 0 amide bonds. The van der Waals surface area contributed by atoms with Gasteiger partial charge in [0.2, 0.25) is 0 Å². The number of hydrogen-bond donors (Lipinski definition) is 0. The van der Waals surface area contributed by atoms with Gasteiger partial charge in [-0.1, -0.05) is 76.6 Å². The lowest BCUT2D eigenvalue weighted by atomic mass is 10.1. The molecule has 3 aromatic carbocycles. The molecule has 0 aliphatic carbocycles. The first-order valence-corrected chi connectivity index (χ1v) is 10.1. The van der Waals surface area contributed by atoms with E-state index in [2.05, 4.69) is 21.0 Å². The smallest absolute Gasteiger partial charge is 0.342 e. The number of nitrogens with zero attached hydrogens (tertiary/aromatic N) is 2. The van der Waals surface area contributed by atoms with E-state index >= 15 is 0 Å². The number of para-hydroxylation sites is 1. The molecule has 5 nitrogen and oxygen atoms in total. The van der Waals surface area contributed by atoms with Crippen molar-refractivity contribution in [2.24, 2.45) is 0 Å². The molecule has 0 aliphatic heterocycles. The molecule has 148 valence electrons. The Labute approximate surface area is 182 Å². The van der Waals surface area contributed by atoms with Crippen LogP contribution in [0.2, 0.25) is 0 Å². The van der Waals surface area contributed by atoms with Crippen molar-refractivity contribution in [2.75, 3.05) is 6.61 Å². The number of aromatic nitrogens is 2. The molecule has 0 aliphatic rings. The summed E-state index contributed by atoms with van der Waals surface area (Å²) in [6.07, 6.45) is 1.63. The number of carbonyl (C=O) groups excluding carboxylic acids is 2. The molecule has 0 saturated carbocycles. The molecule has 0 bridgehead atoms. The maximum atomic E-state index is 12.8. The molecule has 6 heteroatoms. The Morgan fingerprint density at radius 2 is 1.50 bits per heavy atom. The summed E-state index contributed by atoms with van der Waals surface area (Å²) in [4.78, 5) is 25.2. The molecule has 0 spiro atoms. The van der Waals surface area contributed by atoms with Gasteiger partial charge in [0.25, 0.3) is 0 Å². The van der Waals surface area contributed by atoms with Crippen LogP contribution in [-0.2, 0) is 4.74 Å². The molecule has 4 aromatic rings. The van der Waals surface area contributed by atoms with Gasteiger partial charge in [0.05, 0.1) is 5.69 Å². The van der Waals surface area contributed by atoms with E-state index in [9.17, 15) is 9.59 Å². The van der Waals surface area contributed by atoms with E-state index in [0.717, 1.165) is 15.7 Å². The first kappa shape index (κ1) is 19.8. The number of ether oxygens (including phenoxy) is 1. The SMILES string of the molecule is O=C(COC(=O)c1cn(-c2ccccc2)nc1-c1ccccc1)c1ccc(Br)cc1. The molecule has 1 heterocycles. The summed E-state index contributed by atoms with van der Waals surface area (Å²) in [5.41, 5.74) is 2.89. The molecule has 1 aromatic heterocycles. The Kier molecular flexibility index (Phi) is 5.86. The molecule has 0 atom stereocenters. The van der Waals surface area contributed by atoms with Gasteiger partial charge in [-0.05, 0) is 24.3 Å². The van der Waals surface area contributed by atoms with Gasteiger partial charge in [0.15, 0.2) is 12.4 Å². The average molecular weight is 461 g/mol. The highest BCUT2D eigenvalue weighted by Crippen LogP contribution is 2.24. The summed E-state index contributed by atoms with van der Waals surface area (Å²) < 4.78 is 7.84. The highest BCUT2D eigenvalue weighted by molar-refractivity contribution is 9.10. The minimum Gasteiger partial charge on any atom is -0.454 e. The third-order valence-corrected chi connectivity index (χ3v) is 5.03. The molecule has 0 saturated heterocycles. The second kappa shape index (κ2) is 8.88. The van der Waals surface area contributed by atoms with Crippen molar-refractivity contribution in [3.63, 3.8) is 0 Å². The summed E-state index contributed by atoms with van der Waals surface area (Å²) >= 11 is 3.33. The number of benzene rings is 3. The van der Waals surface area contributed by atoms with Gasteiger partial charge >= 0.3 is 5.97 Å². The molecule has 4 rings (SSSR count). The second-order valence-electron chi connectivity index (χ2n) is 6.54. The molecule has 30 heavy (non-hydrogen) atoms. The summed E-state index contributed by atoms with van der Waals surface area (Å²) in [6.45, 7) is -0.342. The molecular weight excluding hydrogens is 444 g/mol. The molecule has 0 unspecified atom stereocenters. The van der Waals surface area contributed by atoms with Crippen molar-refractivity contribution in [1.29, 1.82) is 0 Å². The standard InChI is InChI=1S/C24H17BrN2O3/c25-19-13-11-17(12-14-19)22(28)16-30-24(29)21-15-27(20-9-5-2-6-10-20)26-23(21)18-7-3-1-4-8-18/h1-15H,16H2. The minimum absolute atomic E-state index is 0.271. The lowest BCUT2D eigenvalue weighted by Crippen LogP contribution is -2.14. The third-order valence-electron chi connectivity index (χ3n) is 4.50. The van der Waals surface area contributed by atoms with Gasteiger partial charge in [-0.15, -0.1) is 0 Å². The predicted octanol–water partition coefficient (Wildman–Crippen LogP) is 5.34. The van der Waals surface area contributed by atoms with Crippen LogP contribution in [-0.4, -0.2) is 28.1 Å². The fraction of sp³-hybridized carbons (Fsp3) is 0.0417. The van der Waals surface area contributed by atoms with Crippen LogP contribution in [0.15, 0.2) is 95.6 Å². The van der Waals surface area contributed by atoms with Crippen molar-refractivity contribution in [1.82, 2.24) is 9.78 Å². The normalized spacial score (nSPS) is 10.6. The maximum absolute atomic E-state index is 12.8. The van der Waals surface area contributed by atoms with Gasteiger partial charge < -0.3 is 4.74 Å². The molecule has 0 N–H and O–H groups in total. The zero-order valence-corrected chi connectivity index (χ0v) is 17.5. The Balaban J connectivity index is 1.60. The van der Waals surface area contributed by atoms with E-state index < -0.39 is 5.97 Å². The average Bonchev–Trinajstić information content (AvgIpc) is 3.25. The fourth-order valence-electron chi connectivity index (χ4n) is 2.97. The zero-order valence-electron chi connectivity index (χ0n) is 15.9. The monoisotopic (exact) mass is 460 g/mol. The van der Waals surface area contributed by atoms with Crippen molar-refractivity contribution in [2.45, 2.75) is 0 Å². The van der Waals surface area contributed by atoms with Crippen LogP contribution in [0.5, 0.6) is 0 Å². The highest BCUT2D eigenvalue weighted by atomic mass is 79.9. The summed E-state index contributed by atoms with van der Waals surface area (Å²) in [7, 11) is 0. The number of halogens is 1. The Morgan fingerprint density at radius 1 is 0.867 bits per heavy atom. The summed E-state index contributed by atoms with van der Waals surface area (Å²) in [5.74, 6) is -0.867. The number of Topliss-reactive ketones (excluding diaryl/α,β-unsaturated/α-hetero) is 1. The Morgan fingerprint density at radius 3 is 2.17 bits per heavy atom. The van der Waals surface area contributed by atoms with Crippen molar-refractivity contribution in [3.05, 3.63) is 107 Å². The molecule has 0 fully saturated rings. The minimum atomic E-state index is -0.596. The first-order valence-electron chi connectivity index (χ1n) is 9.28. The summed E-state index contributed by atoms with van der Waals surface area (Å²) in [6, 6.07) is 25.8. The zero-order chi connectivity index (χ0) is 20.9. The van der Waals surface area contributed by atoms with Crippen LogP contribution in [0.1, 0.15) is 20.7 Å². The summed E-state index contributed by atoms with van der Waals surface area (Å²) in [5, 5.41) is 4.59. The Hall–Kier alpha value is -3.51. The third kappa shape index (κ3) is 4.39. The first-order chi connectivity index (χ1) is 14.6. The van der Waals surface area contributed by atoms with E-state index in [1.165, 1.54) is 0 Å². The molecule has 0 radical (unpaired) electrons. The van der Waals surface area contributed by atoms with E-state index in [-0.39, 0.29) is 12.4 Å². The van der Waals surface area contributed by atoms with E-state index in [0.29, 0.717) is 16.8 Å². The number of carbonyl (C=O) groups is 2. The number of hydrogen-bond acceptors (Lipinski definition) is 4. The number of ketones is 1.